The van der Waals surface area contributed by atoms with E-state index in [0.717, 1.165) is 16.2 Å². The van der Waals surface area contributed by atoms with Crippen LogP contribution < -0.4 is 10.6 Å². The van der Waals surface area contributed by atoms with E-state index in [4.69, 9.17) is 0 Å². The van der Waals surface area contributed by atoms with E-state index in [1.807, 2.05) is 38.1 Å². The van der Waals surface area contributed by atoms with Crippen LogP contribution in [0.5, 0.6) is 0 Å². The number of carbonyl (C=O) groups is 3. The van der Waals surface area contributed by atoms with Gasteiger partial charge in [-0.3, -0.25) is 19.3 Å². The van der Waals surface area contributed by atoms with E-state index in [1.165, 1.54) is 29.2 Å². The van der Waals surface area contributed by atoms with Gasteiger partial charge < -0.3 is 10.6 Å². The van der Waals surface area contributed by atoms with Crippen LogP contribution in [-0.4, -0.2) is 29.2 Å². The highest BCUT2D eigenvalue weighted by atomic mass is 79.9. The predicted octanol–water partition coefficient (Wildman–Crippen LogP) is 6.28. The molecule has 36 heavy (non-hydrogen) atoms. The summed E-state index contributed by atoms with van der Waals surface area (Å²) < 4.78 is 14.1. The number of benzene rings is 3. The fourth-order valence-corrected chi connectivity index (χ4v) is 4.80. The summed E-state index contributed by atoms with van der Waals surface area (Å²) >= 11 is 4.55. The lowest BCUT2D eigenvalue weighted by Gasteiger charge is -2.17. The van der Waals surface area contributed by atoms with E-state index in [-0.39, 0.29) is 34.2 Å². The van der Waals surface area contributed by atoms with Crippen LogP contribution >= 0.6 is 27.7 Å². The Morgan fingerprint density at radius 3 is 2.33 bits per heavy atom. The van der Waals surface area contributed by atoms with Crippen LogP contribution in [0.4, 0.5) is 15.8 Å². The number of thioether (sulfide) groups is 1. The molecule has 3 aromatic rings. The first-order valence-electron chi connectivity index (χ1n) is 11.2. The fourth-order valence-electron chi connectivity index (χ4n) is 3.53. The van der Waals surface area contributed by atoms with E-state index in [0.29, 0.717) is 28.4 Å². The average Bonchev–Trinajstić information content (AvgIpc) is 3.05. The highest BCUT2D eigenvalue weighted by Gasteiger charge is 2.39. The second-order valence-electron chi connectivity index (χ2n) is 8.54. The number of imide groups is 1. The first kappa shape index (κ1) is 25.7. The summed E-state index contributed by atoms with van der Waals surface area (Å²) in [5, 5.41) is 5.90. The zero-order valence-corrected chi connectivity index (χ0v) is 22.0. The van der Waals surface area contributed by atoms with Gasteiger partial charge in [-0.1, -0.05) is 47.6 Å². The van der Waals surface area contributed by atoms with Gasteiger partial charge in [0, 0.05) is 32.9 Å². The van der Waals surface area contributed by atoms with Crippen LogP contribution in [-0.2, 0) is 9.59 Å². The first-order chi connectivity index (χ1) is 17.2. The molecule has 0 atom stereocenters. The molecule has 6 nitrogen and oxygen atoms in total. The Kier molecular flexibility index (Phi) is 7.91. The maximum Gasteiger partial charge on any atom is 0.278 e. The topological polar surface area (TPSA) is 78.5 Å². The fraction of sp³-hybridized carbons (Fsp3) is 0.148. The summed E-state index contributed by atoms with van der Waals surface area (Å²) in [4.78, 5) is 41.2. The highest BCUT2D eigenvalue weighted by Crippen LogP contribution is 2.37. The Morgan fingerprint density at radius 2 is 1.67 bits per heavy atom. The molecular weight excluding hydrogens is 545 g/mol. The number of hydrogen-bond acceptors (Lipinski definition) is 5. The van der Waals surface area contributed by atoms with Gasteiger partial charge in [0.2, 0.25) is 0 Å². The van der Waals surface area contributed by atoms with Crippen molar-refractivity contribution >= 4 is 56.8 Å². The number of hydrogen-bond donors (Lipinski definition) is 2. The molecule has 2 N–H and O–H groups in total. The Labute approximate surface area is 221 Å². The van der Waals surface area contributed by atoms with Crippen molar-refractivity contribution in [1.82, 2.24) is 4.90 Å². The van der Waals surface area contributed by atoms with Crippen molar-refractivity contribution in [1.29, 1.82) is 0 Å². The summed E-state index contributed by atoms with van der Waals surface area (Å²) in [6.45, 7) is 4.20. The summed E-state index contributed by atoms with van der Waals surface area (Å²) in [7, 11) is 0. The number of nitrogens with one attached hydrogen (secondary N) is 2. The van der Waals surface area contributed by atoms with Crippen LogP contribution in [0.1, 0.15) is 24.2 Å². The third-order valence-corrected chi connectivity index (χ3v) is 6.81. The lowest BCUT2D eigenvalue weighted by molar-refractivity contribution is -0.137. The molecule has 184 valence electrons. The number of carbonyl (C=O) groups excluding carboxylic acids is 3. The minimum atomic E-state index is -0.423. The maximum absolute atomic E-state index is 13.3. The second-order valence-corrected chi connectivity index (χ2v) is 10.5. The predicted molar refractivity (Wildman–Crippen MR) is 143 cm³/mol. The van der Waals surface area contributed by atoms with Crippen LogP contribution in [0.3, 0.4) is 0 Å². The molecule has 4 rings (SSSR count). The van der Waals surface area contributed by atoms with E-state index in [9.17, 15) is 18.8 Å². The minimum absolute atomic E-state index is 0.112. The molecule has 0 fully saturated rings. The molecule has 3 aromatic carbocycles. The Morgan fingerprint density at radius 1 is 0.972 bits per heavy atom. The van der Waals surface area contributed by atoms with E-state index in [2.05, 4.69) is 26.6 Å². The molecule has 3 amide bonds. The molecule has 1 aliphatic heterocycles. The highest BCUT2D eigenvalue weighted by molar-refractivity contribution is 9.10. The molecule has 0 saturated heterocycles. The number of amides is 3. The lowest BCUT2D eigenvalue weighted by Crippen LogP contribution is -2.35. The van der Waals surface area contributed by atoms with Crippen LogP contribution in [0.2, 0.25) is 0 Å². The largest absolute Gasteiger partial charge is 0.350 e. The zero-order chi connectivity index (χ0) is 25.8. The van der Waals surface area contributed by atoms with Gasteiger partial charge >= 0.3 is 0 Å². The third-order valence-electron chi connectivity index (χ3n) is 5.20. The smallest absolute Gasteiger partial charge is 0.278 e. The molecular formula is C27H23BrFN3O3S. The molecule has 0 spiro atoms. The summed E-state index contributed by atoms with van der Waals surface area (Å²) in [5.41, 5.74) is 1.72. The molecule has 0 radical (unpaired) electrons. The van der Waals surface area contributed by atoms with Gasteiger partial charge in [-0.15, -0.1) is 0 Å². The molecule has 0 bridgehead atoms. The summed E-state index contributed by atoms with van der Waals surface area (Å²) in [5.74, 6) is -1.43. The van der Waals surface area contributed by atoms with Gasteiger partial charge in [0.05, 0.1) is 0 Å². The first-order valence-corrected chi connectivity index (χ1v) is 12.8. The zero-order valence-electron chi connectivity index (χ0n) is 19.5. The SMILES string of the molecule is CC(C)CN1C(=O)C(Nc2ccc(Br)cc2)=C(Sc2cccc(NC(=O)c3ccc(F)cc3)c2)C1=O. The van der Waals surface area contributed by atoms with Gasteiger partial charge in [0.15, 0.2) is 0 Å². The van der Waals surface area contributed by atoms with Gasteiger partial charge in [0.1, 0.15) is 16.4 Å². The van der Waals surface area contributed by atoms with E-state index in [1.54, 1.807) is 24.3 Å². The Hall–Kier alpha value is -3.43. The average molecular weight is 568 g/mol. The second kappa shape index (κ2) is 11.1. The van der Waals surface area contributed by atoms with Gasteiger partial charge in [-0.05, 0) is 72.6 Å². The van der Waals surface area contributed by atoms with Gasteiger partial charge in [-0.25, -0.2) is 4.39 Å². The monoisotopic (exact) mass is 567 g/mol. The quantitative estimate of drug-likeness (QED) is 0.313. The van der Waals surface area contributed by atoms with Crippen molar-refractivity contribution < 1.29 is 18.8 Å². The van der Waals surface area contributed by atoms with Crippen molar-refractivity contribution in [3.05, 3.63) is 99.3 Å². The van der Waals surface area contributed by atoms with Crippen LogP contribution in [0.15, 0.2) is 92.8 Å². The van der Waals surface area contributed by atoms with Crippen LogP contribution in [0, 0.1) is 11.7 Å². The number of halogens is 2. The van der Waals surface area contributed by atoms with Crippen molar-refractivity contribution in [2.75, 3.05) is 17.2 Å². The van der Waals surface area contributed by atoms with Gasteiger partial charge in [0.25, 0.3) is 17.7 Å². The van der Waals surface area contributed by atoms with E-state index >= 15 is 0 Å². The number of anilines is 2. The number of nitrogens with zero attached hydrogens (tertiary/aromatic N) is 1. The number of rotatable bonds is 8. The van der Waals surface area contributed by atoms with Crippen molar-refractivity contribution in [3.63, 3.8) is 0 Å². The molecule has 0 unspecified atom stereocenters. The Bertz CT molecular complexity index is 1340. The summed E-state index contributed by atoms with van der Waals surface area (Å²) in [6, 6.07) is 19.5. The van der Waals surface area contributed by atoms with Crippen molar-refractivity contribution in [2.24, 2.45) is 5.92 Å². The van der Waals surface area contributed by atoms with Crippen molar-refractivity contribution in [2.45, 2.75) is 18.7 Å². The van der Waals surface area contributed by atoms with Crippen molar-refractivity contribution in [3.8, 4) is 0 Å². The molecule has 0 aromatic heterocycles. The normalized spacial score (nSPS) is 13.5. The molecule has 1 heterocycles. The molecule has 1 aliphatic rings. The molecule has 9 heteroatoms. The molecule has 0 aliphatic carbocycles. The standard InChI is InChI=1S/C27H23BrFN3O3S/c1-16(2)15-32-26(34)23(30-20-12-8-18(28)9-13-20)24(27(32)35)36-22-5-3-4-21(14-22)31-25(33)17-6-10-19(29)11-7-17/h3-14,16,30H,15H2,1-2H3,(H,31,33). The third kappa shape index (κ3) is 6.03. The lowest BCUT2D eigenvalue weighted by atomic mass is 10.2. The minimum Gasteiger partial charge on any atom is -0.350 e. The van der Waals surface area contributed by atoms with Gasteiger partial charge in [-0.2, -0.15) is 0 Å². The molecule has 0 saturated carbocycles. The maximum atomic E-state index is 13.3. The Balaban J connectivity index is 1.59. The van der Waals surface area contributed by atoms with E-state index < -0.39 is 5.82 Å². The summed E-state index contributed by atoms with van der Waals surface area (Å²) in [6.07, 6.45) is 0. The van der Waals surface area contributed by atoms with Crippen LogP contribution in [0.25, 0.3) is 0 Å².